The van der Waals surface area contributed by atoms with E-state index in [-0.39, 0.29) is 5.91 Å². The van der Waals surface area contributed by atoms with Crippen molar-refractivity contribution in [1.82, 2.24) is 4.72 Å². The third-order valence-electron chi connectivity index (χ3n) is 4.77. The Labute approximate surface area is 184 Å². The zero-order chi connectivity index (χ0) is 23.4. The maximum Gasteiger partial charge on any atom is 0.308 e. The molecule has 0 aromatic heterocycles. The van der Waals surface area contributed by atoms with Crippen LogP contribution in [0.5, 0.6) is 5.75 Å². The van der Waals surface area contributed by atoms with E-state index in [2.05, 4.69) is 16.6 Å². The summed E-state index contributed by atoms with van der Waals surface area (Å²) < 4.78 is 31.7. The summed E-state index contributed by atoms with van der Waals surface area (Å²) in [6, 6.07) is 3.05. The van der Waals surface area contributed by atoms with Gasteiger partial charge in [0.05, 0.1) is 4.75 Å². The van der Waals surface area contributed by atoms with Crippen molar-refractivity contribution in [2.24, 2.45) is 0 Å². The summed E-state index contributed by atoms with van der Waals surface area (Å²) in [5.41, 5.74) is 2.37. The number of hydrogen-bond donors (Lipinski definition) is 2. The van der Waals surface area contributed by atoms with Crippen LogP contribution in [-0.2, 0) is 26.0 Å². The second-order valence-electron chi connectivity index (χ2n) is 8.25. The van der Waals surface area contributed by atoms with Crippen molar-refractivity contribution in [3.63, 3.8) is 0 Å². The number of aryl methyl sites for hydroxylation is 1. The first kappa shape index (κ1) is 24.6. The summed E-state index contributed by atoms with van der Waals surface area (Å²) in [5, 5.41) is 2.84. The molecule has 0 spiro atoms. The van der Waals surface area contributed by atoms with Crippen LogP contribution in [0.2, 0.25) is 0 Å². The maximum absolute atomic E-state index is 12.7. The molecule has 1 atom stereocenters. The summed E-state index contributed by atoms with van der Waals surface area (Å²) >= 11 is 0. The first-order valence-electron chi connectivity index (χ1n) is 10.1. The molecule has 0 aliphatic heterocycles. The van der Waals surface area contributed by atoms with E-state index in [1.807, 2.05) is 6.92 Å². The van der Waals surface area contributed by atoms with Gasteiger partial charge in [-0.15, -0.1) is 0 Å². The van der Waals surface area contributed by atoms with E-state index in [1.54, 1.807) is 57.2 Å². The number of nitrogens with one attached hydrogen (secondary N) is 2. The van der Waals surface area contributed by atoms with E-state index in [4.69, 9.17) is 4.74 Å². The summed E-state index contributed by atoms with van der Waals surface area (Å²) in [5.74, 6) is -0.303. The van der Waals surface area contributed by atoms with Gasteiger partial charge in [0, 0.05) is 29.8 Å². The Morgan fingerprint density at radius 3 is 2.45 bits per heavy atom. The molecule has 1 unspecified atom stereocenters. The molecule has 1 aromatic rings. The van der Waals surface area contributed by atoms with Crippen LogP contribution in [0.1, 0.15) is 52.2 Å². The largest absolute Gasteiger partial charge is 0.426 e. The number of benzene rings is 1. The number of amides is 1. The second-order valence-corrected chi connectivity index (χ2v) is 10.7. The zero-order valence-electron chi connectivity index (χ0n) is 18.6. The average molecular weight is 447 g/mol. The van der Waals surface area contributed by atoms with Crippen molar-refractivity contribution >= 4 is 33.7 Å². The molecule has 8 heteroatoms. The molecule has 168 valence electrons. The van der Waals surface area contributed by atoms with Gasteiger partial charge in [-0.3, -0.25) is 9.59 Å². The first-order chi connectivity index (χ1) is 14.4. The van der Waals surface area contributed by atoms with Crippen LogP contribution in [0, 0.1) is 0 Å². The summed E-state index contributed by atoms with van der Waals surface area (Å²) in [6.45, 7) is 11.9. The number of rotatable bonds is 7. The summed E-state index contributed by atoms with van der Waals surface area (Å²) in [7, 11) is -3.49. The predicted octanol–water partition coefficient (Wildman–Crippen LogP) is 3.73. The van der Waals surface area contributed by atoms with Crippen molar-refractivity contribution in [3.05, 3.63) is 53.6 Å². The molecule has 1 aromatic carbocycles. The van der Waals surface area contributed by atoms with Gasteiger partial charge in [-0.05, 0) is 51.3 Å². The highest BCUT2D eigenvalue weighted by Crippen LogP contribution is 2.30. The standard InChI is InChI=1S/C23H30N2O5S/c1-7-16-13-20(14-17(8-2)21(16)30-15(3)26)24-22(27)18-9-11-19(12-10-18)25-31(28,29)23(4,5)6/h7,9-11,13-14,19,25H,1,8,12H2,2-6H3,(H,24,27). The highest BCUT2D eigenvalue weighted by Gasteiger charge is 2.31. The van der Waals surface area contributed by atoms with Gasteiger partial charge < -0.3 is 10.1 Å². The van der Waals surface area contributed by atoms with Gasteiger partial charge in [-0.1, -0.05) is 37.8 Å². The maximum atomic E-state index is 12.7. The lowest BCUT2D eigenvalue weighted by Gasteiger charge is -2.24. The van der Waals surface area contributed by atoms with Gasteiger partial charge in [0.25, 0.3) is 5.91 Å². The molecule has 0 saturated carbocycles. The number of anilines is 1. The minimum atomic E-state index is -3.49. The van der Waals surface area contributed by atoms with E-state index < -0.39 is 26.8 Å². The van der Waals surface area contributed by atoms with Crippen LogP contribution in [-0.4, -0.2) is 31.1 Å². The Morgan fingerprint density at radius 1 is 1.29 bits per heavy atom. The molecule has 0 heterocycles. The molecule has 1 amide bonds. The van der Waals surface area contributed by atoms with Crippen LogP contribution in [0.15, 0.2) is 42.5 Å². The lowest BCUT2D eigenvalue weighted by molar-refractivity contribution is -0.132. The molecule has 1 aliphatic rings. The minimum absolute atomic E-state index is 0.314. The first-order valence-corrected chi connectivity index (χ1v) is 11.6. The second kappa shape index (κ2) is 9.62. The van der Waals surface area contributed by atoms with E-state index in [0.717, 1.165) is 5.56 Å². The molecule has 0 radical (unpaired) electrons. The molecule has 0 bridgehead atoms. The quantitative estimate of drug-likeness (QED) is 0.491. The Hall–Kier alpha value is -2.71. The Kier molecular flexibility index (Phi) is 7.62. The highest BCUT2D eigenvalue weighted by molar-refractivity contribution is 7.90. The lowest BCUT2D eigenvalue weighted by atomic mass is 10.0. The SMILES string of the molecule is C=Cc1cc(NC(=O)C2=CCC(NS(=O)(=O)C(C)(C)C)C=C2)cc(CC)c1OC(C)=O. The molecule has 7 nitrogen and oxygen atoms in total. The Bertz CT molecular complexity index is 1050. The smallest absolute Gasteiger partial charge is 0.308 e. The van der Waals surface area contributed by atoms with E-state index in [9.17, 15) is 18.0 Å². The number of hydrogen-bond acceptors (Lipinski definition) is 5. The number of carbonyl (C=O) groups excluding carboxylic acids is 2. The number of ether oxygens (including phenoxy) is 1. The molecule has 0 saturated heterocycles. The minimum Gasteiger partial charge on any atom is -0.426 e. The zero-order valence-corrected chi connectivity index (χ0v) is 19.4. The predicted molar refractivity (Wildman–Crippen MR) is 123 cm³/mol. The fourth-order valence-corrected chi connectivity index (χ4v) is 3.85. The third-order valence-corrected chi connectivity index (χ3v) is 7.00. The van der Waals surface area contributed by atoms with Crippen molar-refractivity contribution in [2.75, 3.05) is 5.32 Å². The Balaban J connectivity index is 2.14. The van der Waals surface area contributed by atoms with Gasteiger partial charge >= 0.3 is 5.97 Å². The van der Waals surface area contributed by atoms with Crippen LogP contribution in [0.25, 0.3) is 6.08 Å². The number of carbonyl (C=O) groups is 2. The van der Waals surface area contributed by atoms with Crippen molar-refractivity contribution in [1.29, 1.82) is 0 Å². The Morgan fingerprint density at radius 2 is 1.97 bits per heavy atom. The summed E-state index contributed by atoms with van der Waals surface area (Å²) in [4.78, 5) is 24.1. The van der Waals surface area contributed by atoms with E-state index >= 15 is 0 Å². The molecule has 0 fully saturated rings. The average Bonchev–Trinajstić information content (AvgIpc) is 2.67. The van der Waals surface area contributed by atoms with Gasteiger partial charge in [0.2, 0.25) is 10.0 Å². The molecule has 2 N–H and O–H groups in total. The fraction of sp³-hybridized carbons (Fsp3) is 0.391. The van der Waals surface area contributed by atoms with Crippen molar-refractivity contribution in [3.8, 4) is 5.75 Å². The molecule has 31 heavy (non-hydrogen) atoms. The summed E-state index contributed by atoms with van der Waals surface area (Å²) in [6.07, 6.45) is 7.53. The van der Waals surface area contributed by atoms with Crippen LogP contribution in [0.3, 0.4) is 0 Å². The normalized spacial score (nSPS) is 16.4. The van der Waals surface area contributed by atoms with Gasteiger partial charge in [0.15, 0.2) is 0 Å². The van der Waals surface area contributed by atoms with E-state index in [0.29, 0.717) is 35.4 Å². The fourth-order valence-electron chi connectivity index (χ4n) is 2.92. The topological polar surface area (TPSA) is 102 Å². The third kappa shape index (κ3) is 6.15. The highest BCUT2D eigenvalue weighted by atomic mass is 32.2. The number of sulfonamides is 1. The lowest BCUT2D eigenvalue weighted by Crippen LogP contribution is -2.44. The van der Waals surface area contributed by atoms with Crippen LogP contribution < -0.4 is 14.8 Å². The van der Waals surface area contributed by atoms with E-state index in [1.165, 1.54) is 6.92 Å². The molecular formula is C23H30N2O5S. The monoisotopic (exact) mass is 446 g/mol. The molecule has 1 aliphatic carbocycles. The van der Waals surface area contributed by atoms with Crippen molar-refractivity contribution in [2.45, 2.75) is 58.2 Å². The van der Waals surface area contributed by atoms with Gasteiger partial charge in [-0.2, -0.15) is 0 Å². The van der Waals surface area contributed by atoms with Crippen LogP contribution in [0.4, 0.5) is 5.69 Å². The van der Waals surface area contributed by atoms with Crippen LogP contribution >= 0.6 is 0 Å². The molecular weight excluding hydrogens is 416 g/mol. The number of esters is 1. The van der Waals surface area contributed by atoms with Crippen molar-refractivity contribution < 1.29 is 22.7 Å². The van der Waals surface area contributed by atoms with Gasteiger partial charge in [-0.25, -0.2) is 13.1 Å². The molecule has 2 rings (SSSR count). The van der Waals surface area contributed by atoms with Gasteiger partial charge in [0.1, 0.15) is 5.75 Å².